The van der Waals surface area contributed by atoms with Gasteiger partial charge in [-0.3, -0.25) is 4.79 Å². The van der Waals surface area contributed by atoms with Crippen molar-refractivity contribution in [3.05, 3.63) is 45.7 Å². The van der Waals surface area contributed by atoms with Crippen molar-refractivity contribution in [2.75, 3.05) is 0 Å². The Morgan fingerprint density at radius 2 is 1.77 bits per heavy atom. The highest BCUT2D eigenvalue weighted by Crippen LogP contribution is 2.31. The van der Waals surface area contributed by atoms with Gasteiger partial charge in [-0.1, -0.05) is 39.0 Å². The third-order valence-corrected chi connectivity index (χ3v) is 4.39. The molecule has 0 fully saturated rings. The van der Waals surface area contributed by atoms with E-state index in [-0.39, 0.29) is 10.9 Å². The monoisotopic (exact) mass is 369 g/mol. The van der Waals surface area contributed by atoms with Crippen LogP contribution in [0.15, 0.2) is 29.2 Å². The van der Waals surface area contributed by atoms with Crippen LogP contribution in [-0.2, 0) is 12.7 Å². The van der Waals surface area contributed by atoms with Crippen molar-refractivity contribution in [1.82, 2.24) is 4.57 Å². The smallest absolute Gasteiger partial charge is 0.416 e. The Balaban J connectivity index is 2.39. The van der Waals surface area contributed by atoms with Crippen molar-refractivity contribution in [2.24, 2.45) is 0 Å². The second-order valence-electron chi connectivity index (χ2n) is 6.37. The van der Waals surface area contributed by atoms with Gasteiger partial charge in [0.2, 0.25) is 5.43 Å². The van der Waals surface area contributed by atoms with Crippen molar-refractivity contribution in [3.63, 3.8) is 0 Å². The quantitative estimate of drug-likeness (QED) is 0.660. The number of nitrogens with zero attached hydrogens (tertiary/aromatic N) is 1. The molecule has 7 heteroatoms. The SMILES string of the molecule is CCCCCCCCn1cc(C(=O)O)c(=O)c2ccc(C(F)(F)F)cc21. The minimum atomic E-state index is -4.53. The van der Waals surface area contributed by atoms with E-state index in [2.05, 4.69) is 6.92 Å². The van der Waals surface area contributed by atoms with Crippen molar-refractivity contribution in [1.29, 1.82) is 0 Å². The summed E-state index contributed by atoms with van der Waals surface area (Å²) in [4.78, 5) is 23.6. The molecule has 0 aliphatic rings. The Labute approximate surface area is 149 Å². The number of hydrogen-bond donors (Lipinski definition) is 1. The third kappa shape index (κ3) is 4.65. The lowest BCUT2D eigenvalue weighted by Gasteiger charge is -2.14. The van der Waals surface area contributed by atoms with Gasteiger partial charge in [0.15, 0.2) is 0 Å². The molecule has 142 valence electrons. The summed E-state index contributed by atoms with van der Waals surface area (Å²) in [7, 11) is 0. The van der Waals surface area contributed by atoms with E-state index >= 15 is 0 Å². The number of unbranched alkanes of at least 4 members (excludes halogenated alkanes) is 5. The maximum Gasteiger partial charge on any atom is 0.416 e. The van der Waals surface area contributed by atoms with Crippen molar-refractivity contribution in [3.8, 4) is 0 Å². The average molecular weight is 369 g/mol. The molecular formula is C19H22F3NO3. The van der Waals surface area contributed by atoms with Crippen molar-refractivity contribution < 1.29 is 23.1 Å². The lowest BCUT2D eigenvalue weighted by atomic mass is 10.1. The average Bonchev–Trinajstić information content (AvgIpc) is 2.58. The Kier molecular flexibility index (Phi) is 6.45. The van der Waals surface area contributed by atoms with Crippen LogP contribution in [0.4, 0.5) is 13.2 Å². The van der Waals surface area contributed by atoms with Crippen LogP contribution in [-0.4, -0.2) is 15.6 Å². The van der Waals surface area contributed by atoms with Gasteiger partial charge >= 0.3 is 12.1 Å². The first kappa shape index (κ1) is 20.0. The number of hydrogen-bond acceptors (Lipinski definition) is 2. The lowest BCUT2D eigenvalue weighted by Crippen LogP contribution is -2.19. The number of aromatic carboxylic acids is 1. The van der Waals surface area contributed by atoms with Gasteiger partial charge in [0.25, 0.3) is 0 Å². The molecule has 0 atom stereocenters. The van der Waals surface area contributed by atoms with Crippen LogP contribution in [0.1, 0.15) is 61.4 Å². The van der Waals surface area contributed by atoms with Gasteiger partial charge in [0.1, 0.15) is 5.56 Å². The molecule has 26 heavy (non-hydrogen) atoms. The number of fused-ring (bicyclic) bond motifs is 1. The molecule has 0 spiro atoms. The van der Waals surface area contributed by atoms with E-state index in [9.17, 15) is 27.9 Å². The zero-order valence-corrected chi connectivity index (χ0v) is 14.6. The van der Waals surface area contributed by atoms with Crippen molar-refractivity contribution in [2.45, 2.75) is 58.2 Å². The topological polar surface area (TPSA) is 59.3 Å². The van der Waals surface area contributed by atoms with E-state index in [1.165, 1.54) is 4.57 Å². The predicted molar refractivity (Wildman–Crippen MR) is 93.5 cm³/mol. The number of carboxylic acids is 1. The second-order valence-corrected chi connectivity index (χ2v) is 6.37. The number of benzene rings is 1. The van der Waals surface area contributed by atoms with Crippen LogP contribution >= 0.6 is 0 Å². The number of pyridine rings is 1. The first-order valence-corrected chi connectivity index (χ1v) is 8.73. The van der Waals surface area contributed by atoms with Gasteiger partial charge < -0.3 is 9.67 Å². The highest BCUT2D eigenvalue weighted by molar-refractivity contribution is 5.92. The standard InChI is InChI=1S/C19H22F3NO3/c1-2-3-4-5-6-7-10-23-12-15(18(25)26)17(24)14-9-8-13(11-16(14)23)19(20,21)22/h8-9,11-12H,2-7,10H2,1H3,(H,25,26). The van der Waals surface area contributed by atoms with Crippen LogP contribution in [0.3, 0.4) is 0 Å². The summed E-state index contributed by atoms with van der Waals surface area (Å²) < 4.78 is 40.5. The Hall–Kier alpha value is -2.31. The number of aromatic nitrogens is 1. The van der Waals surface area contributed by atoms with Gasteiger partial charge in [-0.2, -0.15) is 13.2 Å². The molecule has 0 aliphatic carbocycles. The van der Waals surface area contributed by atoms with Crippen LogP contribution in [0, 0.1) is 0 Å². The lowest BCUT2D eigenvalue weighted by molar-refractivity contribution is -0.137. The molecule has 1 N–H and O–H groups in total. The molecule has 2 aromatic rings. The summed E-state index contributed by atoms with van der Waals surface area (Å²) in [6.45, 7) is 2.47. The number of halogens is 3. The van der Waals surface area contributed by atoms with Gasteiger partial charge in [-0.25, -0.2) is 4.79 Å². The minimum Gasteiger partial charge on any atom is -0.477 e. The van der Waals surface area contributed by atoms with Crippen LogP contribution in [0.2, 0.25) is 0 Å². The molecule has 0 unspecified atom stereocenters. The summed E-state index contributed by atoms with van der Waals surface area (Å²) >= 11 is 0. The van der Waals surface area contributed by atoms with Crippen LogP contribution in [0.25, 0.3) is 10.9 Å². The molecule has 0 saturated carbocycles. The number of rotatable bonds is 8. The first-order chi connectivity index (χ1) is 12.3. The van der Waals surface area contributed by atoms with E-state index in [1.54, 1.807) is 0 Å². The first-order valence-electron chi connectivity index (χ1n) is 8.73. The molecule has 4 nitrogen and oxygen atoms in total. The van der Waals surface area contributed by atoms with Gasteiger partial charge in [0, 0.05) is 18.1 Å². The third-order valence-electron chi connectivity index (χ3n) is 4.39. The summed E-state index contributed by atoms with van der Waals surface area (Å²) in [5, 5.41) is 9.20. The van der Waals surface area contributed by atoms with E-state index in [1.807, 2.05) is 0 Å². The maximum absolute atomic E-state index is 13.0. The largest absolute Gasteiger partial charge is 0.477 e. The number of alkyl halides is 3. The molecule has 0 amide bonds. The fourth-order valence-electron chi connectivity index (χ4n) is 2.97. The zero-order chi connectivity index (χ0) is 19.3. The Morgan fingerprint density at radius 1 is 1.12 bits per heavy atom. The molecular weight excluding hydrogens is 347 g/mol. The van der Waals surface area contributed by atoms with Gasteiger partial charge in [-0.15, -0.1) is 0 Å². The van der Waals surface area contributed by atoms with Gasteiger partial charge in [0.05, 0.1) is 11.1 Å². The molecule has 1 heterocycles. The fourth-order valence-corrected chi connectivity index (χ4v) is 2.97. The van der Waals surface area contributed by atoms with Crippen molar-refractivity contribution >= 4 is 16.9 Å². The summed E-state index contributed by atoms with van der Waals surface area (Å²) in [6.07, 6.45) is 2.60. The number of carbonyl (C=O) groups is 1. The second kappa shape index (κ2) is 8.38. The fraction of sp³-hybridized carbons (Fsp3) is 0.474. The van der Waals surface area contributed by atoms with Crippen LogP contribution in [0.5, 0.6) is 0 Å². The molecule has 0 radical (unpaired) electrons. The van der Waals surface area contributed by atoms with Gasteiger partial charge in [-0.05, 0) is 24.6 Å². The highest BCUT2D eigenvalue weighted by Gasteiger charge is 2.31. The normalized spacial score (nSPS) is 11.8. The highest BCUT2D eigenvalue weighted by atomic mass is 19.4. The Morgan fingerprint density at radius 3 is 2.38 bits per heavy atom. The number of aryl methyl sites for hydroxylation is 1. The molecule has 0 saturated heterocycles. The molecule has 1 aromatic carbocycles. The van der Waals surface area contributed by atoms with Crippen LogP contribution < -0.4 is 5.43 Å². The summed E-state index contributed by atoms with van der Waals surface area (Å²) in [5.41, 5.74) is -1.93. The molecule has 2 rings (SSSR count). The van der Waals surface area contributed by atoms with E-state index < -0.39 is 28.7 Å². The van der Waals surface area contributed by atoms with E-state index in [0.29, 0.717) is 13.0 Å². The molecule has 0 bridgehead atoms. The maximum atomic E-state index is 13.0. The van der Waals surface area contributed by atoms with E-state index in [0.717, 1.165) is 56.5 Å². The number of carboxylic acid groups (broad SMARTS) is 1. The Bertz CT molecular complexity index is 840. The molecule has 1 aromatic heterocycles. The van der Waals surface area contributed by atoms with E-state index in [4.69, 9.17) is 0 Å². The summed E-state index contributed by atoms with van der Waals surface area (Å²) in [6, 6.07) is 2.79. The predicted octanol–water partition coefficient (Wildman–Crippen LogP) is 5.08. The molecule has 0 aliphatic heterocycles. The zero-order valence-electron chi connectivity index (χ0n) is 14.6. The minimum absolute atomic E-state index is 0.0103. The summed E-state index contributed by atoms with van der Waals surface area (Å²) in [5.74, 6) is -1.38.